The maximum absolute atomic E-state index is 11.7. The van der Waals surface area contributed by atoms with Gasteiger partial charge >= 0.3 is 0 Å². The predicted octanol–water partition coefficient (Wildman–Crippen LogP) is 1.99. The molecule has 16 heavy (non-hydrogen) atoms. The van der Waals surface area contributed by atoms with Gasteiger partial charge in [0.2, 0.25) is 0 Å². The van der Waals surface area contributed by atoms with Crippen LogP contribution >= 0.6 is 0 Å². The van der Waals surface area contributed by atoms with E-state index in [2.05, 4.69) is 11.9 Å². The molecule has 1 aromatic heterocycles. The van der Waals surface area contributed by atoms with Crippen molar-refractivity contribution in [3.63, 3.8) is 0 Å². The molecule has 90 valence electrons. The minimum atomic E-state index is 0.145. The average Bonchev–Trinajstić information content (AvgIpc) is 2.73. The van der Waals surface area contributed by atoms with Gasteiger partial charge in [0, 0.05) is 25.7 Å². The van der Waals surface area contributed by atoms with E-state index in [0.717, 1.165) is 19.4 Å². The molecule has 0 aliphatic carbocycles. The summed E-state index contributed by atoms with van der Waals surface area (Å²) in [6.07, 6.45) is 8.57. The van der Waals surface area contributed by atoms with Crippen LogP contribution in [-0.4, -0.2) is 21.9 Å². The van der Waals surface area contributed by atoms with Crippen LogP contribution in [-0.2, 0) is 6.54 Å². The first-order valence-corrected chi connectivity index (χ1v) is 6.03. The van der Waals surface area contributed by atoms with Crippen molar-refractivity contribution in [3.05, 3.63) is 18.2 Å². The van der Waals surface area contributed by atoms with E-state index in [-0.39, 0.29) is 5.78 Å². The largest absolute Gasteiger partial charge is 0.335 e. The fraction of sp³-hybridized carbons (Fsp3) is 0.667. The molecule has 0 aliphatic rings. The van der Waals surface area contributed by atoms with Gasteiger partial charge in [-0.2, -0.15) is 0 Å². The van der Waals surface area contributed by atoms with Crippen molar-refractivity contribution in [2.45, 2.75) is 45.6 Å². The standard InChI is InChI=1S/C12H21N3O/c1-2-3-4-5-6-12(16)11-9-15(8-7-13)10-14-11/h9-10H,2-8,13H2,1H3. The quantitative estimate of drug-likeness (QED) is 0.541. The van der Waals surface area contributed by atoms with Crippen LogP contribution < -0.4 is 5.73 Å². The maximum Gasteiger partial charge on any atom is 0.182 e. The number of rotatable bonds is 8. The number of hydrogen-bond donors (Lipinski definition) is 1. The van der Waals surface area contributed by atoms with E-state index < -0.39 is 0 Å². The van der Waals surface area contributed by atoms with Crippen LogP contribution in [0.2, 0.25) is 0 Å². The zero-order valence-corrected chi connectivity index (χ0v) is 9.98. The lowest BCUT2D eigenvalue weighted by Gasteiger charge is -1.98. The van der Waals surface area contributed by atoms with Gasteiger partial charge in [-0.05, 0) is 6.42 Å². The van der Waals surface area contributed by atoms with Gasteiger partial charge in [-0.25, -0.2) is 4.98 Å². The molecule has 0 unspecified atom stereocenters. The topological polar surface area (TPSA) is 60.9 Å². The first-order valence-electron chi connectivity index (χ1n) is 6.03. The van der Waals surface area contributed by atoms with Crippen LogP contribution in [0.3, 0.4) is 0 Å². The molecule has 4 heteroatoms. The second-order valence-corrected chi connectivity index (χ2v) is 4.02. The Morgan fingerprint density at radius 2 is 2.25 bits per heavy atom. The Balaban J connectivity index is 2.34. The van der Waals surface area contributed by atoms with Crippen molar-refractivity contribution in [1.29, 1.82) is 0 Å². The molecule has 1 rings (SSSR count). The van der Waals surface area contributed by atoms with Gasteiger partial charge in [0.05, 0.1) is 6.33 Å². The minimum Gasteiger partial charge on any atom is -0.335 e. The van der Waals surface area contributed by atoms with E-state index in [9.17, 15) is 4.79 Å². The molecule has 0 bridgehead atoms. The Labute approximate surface area is 96.9 Å². The van der Waals surface area contributed by atoms with Crippen LogP contribution in [0.25, 0.3) is 0 Å². The molecule has 2 N–H and O–H groups in total. The van der Waals surface area contributed by atoms with Gasteiger partial charge < -0.3 is 10.3 Å². The Bertz CT molecular complexity index is 320. The molecule has 0 fully saturated rings. The van der Waals surface area contributed by atoms with E-state index in [4.69, 9.17) is 5.73 Å². The van der Waals surface area contributed by atoms with Crippen LogP contribution in [0.1, 0.15) is 49.5 Å². The van der Waals surface area contributed by atoms with Gasteiger partial charge in [-0.3, -0.25) is 4.79 Å². The van der Waals surface area contributed by atoms with Gasteiger partial charge in [-0.1, -0.05) is 26.2 Å². The van der Waals surface area contributed by atoms with Crippen molar-refractivity contribution >= 4 is 5.78 Å². The zero-order valence-electron chi connectivity index (χ0n) is 9.98. The minimum absolute atomic E-state index is 0.145. The van der Waals surface area contributed by atoms with Gasteiger partial charge in [0.25, 0.3) is 0 Å². The average molecular weight is 223 g/mol. The fourth-order valence-corrected chi connectivity index (χ4v) is 1.62. The van der Waals surface area contributed by atoms with E-state index in [0.29, 0.717) is 18.7 Å². The van der Waals surface area contributed by atoms with Crippen LogP contribution in [0.15, 0.2) is 12.5 Å². The lowest BCUT2D eigenvalue weighted by Crippen LogP contribution is -2.08. The normalized spacial score (nSPS) is 10.6. The summed E-state index contributed by atoms with van der Waals surface area (Å²) < 4.78 is 1.86. The summed E-state index contributed by atoms with van der Waals surface area (Å²) in [6, 6.07) is 0. The highest BCUT2D eigenvalue weighted by Gasteiger charge is 2.08. The molecule has 0 saturated heterocycles. The van der Waals surface area contributed by atoms with E-state index in [1.165, 1.54) is 12.8 Å². The van der Waals surface area contributed by atoms with Crippen LogP contribution in [0.5, 0.6) is 0 Å². The predicted molar refractivity (Wildman–Crippen MR) is 64.4 cm³/mol. The number of unbranched alkanes of at least 4 members (excludes halogenated alkanes) is 3. The Morgan fingerprint density at radius 1 is 1.44 bits per heavy atom. The molecular weight excluding hydrogens is 202 g/mol. The molecule has 1 aromatic rings. The van der Waals surface area contributed by atoms with E-state index in [1.807, 2.05) is 4.57 Å². The third kappa shape index (κ3) is 4.14. The van der Waals surface area contributed by atoms with Gasteiger partial charge in [0.1, 0.15) is 5.69 Å². The summed E-state index contributed by atoms with van der Waals surface area (Å²) in [5, 5.41) is 0. The zero-order chi connectivity index (χ0) is 11.8. The number of nitrogens with zero attached hydrogens (tertiary/aromatic N) is 2. The first-order chi connectivity index (χ1) is 7.77. The number of aromatic nitrogens is 2. The summed E-state index contributed by atoms with van der Waals surface area (Å²) in [4.78, 5) is 15.8. The third-order valence-corrected chi connectivity index (χ3v) is 2.56. The number of Topliss-reactive ketones (excluding diaryl/α,β-unsaturated/α-hetero) is 1. The second-order valence-electron chi connectivity index (χ2n) is 4.02. The number of carbonyl (C=O) groups is 1. The summed E-state index contributed by atoms with van der Waals surface area (Å²) in [6.45, 7) is 3.45. The van der Waals surface area contributed by atoms with Crippen molar-refractivity contribution in [2.24, 2.45) is 5.73 Å². The SMILES string of the molecule is CCCCCCC(=O)c1cn(CCN)cn1. The number of imidazole rings is 1. The molecule has 1 heterocycles. The van der Waals surface area contributed by atoms with Crippen molar-refractivity contribution < 1.29 is 4.79 Å². The number of nitrogens with two attached hydrogens (primary N) is 1. The van der Waals surface area contributed by atoms with Crippen molar-refractivity contribution in [1.82, 2.24) is 9.55 Å². The highest BCUT2D eigenvalue weighted by Crippen LogP contribution is 2.07. The summed E-state index contributed by atoms with van der Waals surface area (Å²) in [7, 11) is 0. The molecule has 0 aromatic carbocycles. The monoisotopic (exact) mass is 223 g/mol. The van der Waals surface area contributed by atoms with Crippen LogP contribution in [0.4, 0.5) is 0 Å². The van der Waals surface area contributed by atoms with Crippen molar-refractivity contribution in [3.8, 4) is 0 Å². The number of hydrogen-bond acceptors (Lipinski definition) is 3. The fourth-order valence-electron chi connectivity index (χ4n) is 1.62. The Kier molecular flexibility index (Phi) is 5.78. The summed E-state index contributed by atoms with van der Waals surface area (Å²) in [5.41, 5.74) is 6.00. The van der Waals surface area contributed by atoms with E-state index >= 15 is 0 Å². The lowest BCUT2D eigenvalue weighted by molar-refractivity contribution is 0.0974. The maximum atomic E-state index is 11.7. The highest BCUT2D eigenvalue weighted by molar-refractivity contribution is 5.93. The van der Waals surface area contributed by atoms with E-state index in [1.54, 1.807) is 12.5 Å². The summed E-state index contributed by atoms with van der Waals surface area (Å²) >= 11 is 0. The highest BCUT2D eigenvalue weighted by atomic mass is 16.1. The Hall–Kier alpha value is -1.16. The second kappa shape index (κ2) is 7.17. The first kappa shape index (κ1) is 12.9. The lowest BCUT2D eigenvalue weighted by atomic mass is 10.1. The van der Waals surface area contributed by atoms with Crippen molar-refractivity contribution in [2.75, 3.05) is 6.54 Å². The molecule has 4 nitrogen and oxygen atoms in total. The Morgan fingerprint density at radius 3 is 2.94 bits per heavy atom. The molecule has 0 spiro atoms. The summed E-state index contributed by atoms with van der Waals surface area (Å²) in [5.74, 6) is 0.145. The smallest absolute Gasteiger partial charge is 0.182 e. The molecular formula is C12H21N3O. The van der Waals surface area contributed by atoms with Gasteiger partial charge in [0.15, 0.2) is 5.78 Å². The molecule has 0 radical (unpaired) electrons. The van der Waals surface area contributed by atoms with Crippen LogP contribution in [0, 0.1) is 0 Å². The number of ketones is 1. The third-order valence-electron chi connectivity index (χ3n) is 2.56. The molecule has 0 aliphatic heterocycles. The number of carbonyl (C=O) groups excluding carboxylic acids is 1. The molecule has 0 atom stereocenters. The van der Waals surface area contributed by atoms with Gasteiger partial charge in [-0.15, -0.1) is 0 Å². The molecule has 0 saturated carbocycles. The molecule has 0 amide bonds.